The van der Waals surface area contributed by atoms with E-state index < -0.39 is 21.5 Å². The normalized spacial score (nSPS) is 22.0. The number of hydrogen-bond donors (Lipinski definition) is 0. The molecular formula is C24H25NO4S. The molecule has 2 aromatic carbocycles. The molecule has 1 aliphatic heterocycles. The van der Waals surface area contributed by atoms with Crippen LogP contribution in [-0.2, 0) is 14.6 Å². The van der Waals surface area contributed by atoms with Crippen molar-refractivity contribution in [3.8, 4) is 0 Å². The molecular weight excluding hydrogens is 398 g/mol. The van der Waals surface area contributed by atoms with Crippen molar-refractivity contribution in [2.45, 2.75) is 43.7 Å². The second-order valence-electron chi connectivity index (χ2n) is 8.62. The van der Waals surface area contributed by atoms with E-state index in [2.05, 4.69) is 6.08 Å². The van der Waals surface area contributed by atoms with E-state index in [-0.39, 0.29) is 16.9 Å². The lowest BCUT2D eigenvalue weighted by Crippen LogP contribution is -2.37. The average Bonchev–Trinajstić information content (AvgIpc) is 3.05. The zero-order chi connectivity index (χ0) is 21.5. The highest BCUT2D eigenvalue weighted by Gasteiger charge is 2.44. The summed E-state index contributed by atoms with van der Waals surface area (Å²) < 4.78 is 31.7. The van der Waals surface area contributed by atoms with Gasteiger partial charge in [-0.1, -0.05) is 54.6 Å². The minimum absolute atomic E-state index is 0.00959. The van der Waals surface area contributed by atoms with Crippen LogP contribution in [0.25, 0.3) is 6.08 Å². The Bertz CT molecular complexity index is 1130. The number of ether oxygens (including phenoxy) is 1. The molecule has 2 atom stereocenters. The third kappa shape index (κ3) is 3.92. The SMILES string of the molecule is CC(C)(C)OC(=O)N1/C(=C/S(=O)(=O)c2ccccc2)C[C@H]2C=Cc3ccccc3[C@H]21. The van der Waals surface area contributed by atoms with E-state index in [0.29, 0.717) is 12.1 Å². The molecule has 1 amide bonds. The predicted molar refractivity (Wildman–Crippen MR) is 116 cm³/mol. The zero-order valence-corrected chi connectivity index (χ0v) is 18.1. The molecule has 0 aromatic heterocycles. The van der Waals surface area contributed by atoms with Crippen LogP contribution in [0.5, 0.6) is 0 Å². The van der Waals surface area contributed by atoms with Crippen molar-refractivity contribution in [1.82, 2.24) is 4.90 Å². The Morgan fingerprint density at radius 1 is 1.07 bits per heavy atom. The van der Waals surface area contributed by atoms with E-state index in [0.717, 1.165) is 11.1 Å². The summed E-state index contributed by atoms with van der Waals surface area (Å²) in [5.74, 6) is -0.00959. The van der Waals surface area contributed by atoms with Gasteiger partial charge < -0.3 is 4.74 Å². The molecule has 156 valence electrons. The Balaban J connectivity index is 1.81. The van der Waals surface area contributed by atoms with Crippen LogP contribution in [0.4, 0.5) is 4.79 Å². The van der Waals surface area contributed by atoms with Gasteiger partial charge in [-0.3, -0.25) is 4.90 Å². The molecule has 1 saturated heterocycles. The highest BCUT2D eigenvalue weighted by atomic mass is 32.2. The van der Waals surface area contributed by atoms with E-state index in [1.807, 2.05) is 30.3 Å². The molecule has 0 unspecified atom stereocenters. The van der Waals surface area contributed by atoms with Crippen molar-refractivity contribution < 1.29 is 17.9 Å². The summed E-state index contributed by atoms with van der Waals surface area (Å²) >= 11 is 0. The maximum absolute atomic E-state index is 13.2. The van der Waals surface area contributed by atoms with E-state index >= 15 is 0 Å². The van der Waals surface area contributed by atoms with Crippen molar-refractivity contribution >= 4 is 22.0 Å². The van der Waals surface area contributed by atoms with Crippen molar-refractivity contribution in [3.63, 3.8) is 0 Å². The second kappa shape index (κ2) is 7.43. The van der Waals surface area contributed by atoms with Crippen LogP contribution in [0.1, 0.15) is 44.4 Å². The molecule has 30 heavy (non-hydrogen) atoms. The van der Waals surface area contributed by atoms with Crippen LogP contribution in [0.15, 0.2) is 76.7 Å². The maximum Gasteiger partial charge on any atom is 0.415 e. The number of likely N-dealkylation sites (tertiary alicyclic amines) is 1. The fourth-order valence-electron chi connectivity index (χ4n) is 4.03. The fourth-order valence-corrected chi connectivity index (χ4v) is 5.27. The molecule has 2 aliphatic rings. The number of fused-ring (bicyclic) bond motifs is 3. The Morgan fingerprint density at radius 3 is 2.43 bits per heavy atom. The summed E-state index contributed by atoms with van der Waals surface area (Å²) in [6.45, 7) is 5.41. The van der Waals surface area contributed by atoms with Gasteiger partial charge in [0.2, 0.25) is 9.84 Å². The van der Waals surface area contributed by atoms with Gasteiger partial charge in [-0.05, 0) is 50.5 Å². The predicted octanol–water partition coefficient (Wildman–Crippen LogP) is 5.33. The Kier molecular flexibility index (Phi) is 5.06. The summed E-state index contributed by atoms with van der Waals surface area (Å²) in [7, 11) is -3.71. The first-order valence-corrected chi connectivity index (χ1v) is 11.5. The molecule has 0 bridgehead atoms. The number of nitrogens with zero attached hydrogens (tertiary/aromatic N) is 1. The lowest BCUT2D eigenvalue weighted by molar-refractivity contribution is 0.0263. The Hall–Kier alpha value is -2.86. The fraction of sp³-hybridized carbons (Fsp3) is 0.292. The lowest BCUT2D eigenvalue weighted by atomic mass is 9.85. The zero-order valence-electron chi connectivity index (χ0n) is 17.3. The van der Waals surface area contributed by atoms with Crippen LogP contribution >= 0.6 is 0 Å². The number of allylic oxidation sites excluding steroid dienone is 1. The number of sulfone groups is 1. The number of hydrogen-bond acceptors (Lipinski definition) is 4. The van der Waals surface area contributed by atoms with Gasteiger partial charge in [0.15, 0.2) is 0 Å². The van der Waals surface area contributed by atoms with Crippen LogP contribution in [0.2, 0.25) is 0 Å². The van der Waals surface area contributed by atoms with Gasteiger partial charge in [-0.15, -0.1) is 0 Å². The van der Waals surface area contributed by atoms with Crippen molar-refractivity contribution in [2.75, 3.05) is 0 Å². The van der Waals surface area contributed by atoms with E-state index in [9.17, 15) is 13.2 Å². The smallest absolute Gasteiger partial charge is 0.415 e. The summed E-state index contributed by atoms with van der Waals surface area (Å²) in [6.07, 6.45) is 4.01. The second-order valence-corrected chi connectivity index (χ2v) is 10.4. The van der Waals surface area contributed by atoms with Crippen LogP contribution in [0.3, 0.4) is 0 Å². The molecule has 5 nitrogen and oxygen atoms in total. The summed E-state index contributed by atoms with van der Waals surface area (Å²) in [4.78, 5) is 14.9. The maximum atomic E-state index is 13.2. The molecule has 1 aliphatic carbocycles. The minimum Gasteiger partial charge on any atom is -0.443 e. The first-order chi connectivity index (χ1) is 14.2. The molecule has 0 spiro atoms. The summed E-state index contributed by atoms with van der Waals surface area (Å²) in [5.41, 5.74) is 1.78. The molecule has 1 heterocycles. The highest BCUT2D eigenvalue weighted by Crippen LogP contribution is 2.48. The summed E-state index contributed by atoms with van der Waals surface area (Å²) in [6, 6.07) is 15.8. The number of carbonyl (C=O) groups excluding carboxylic acids is 1. The molecule has 2 aromatic rings. The standard InChI is InChI=1S/C24H25NO4S/c1-24(2,3)29-23(26)25-19(16-30(27,28)20-10-5-4-6-11-20)15-18-14-13-17-9-7-8-12-21(17)22(18)25/h4-14,16,18,22H,15H2,1-3H3/b19-16+/t18-,22+/m1/s1. The third-order valence-corrected chi connectivity index (χ3v) is 6.74. The molecule has 0 saturated carbocycles. The Labute approximate surface area is 177 Å². The minimum atomic E-state index is -3.71. The average molecular weight is 424 g/mol. The van der Waals surface area contributed by atoms with E-state index in [4.69, 9.17) is 4.74 Å². The number of benzene rings is 2. The lowest BCUT2D eigenvalue weighted by Gasteiger charge is -2.32. The first-order valence-electron chi connectivity index (χ1n) is 9.96. The topological polar surface area (TPSA) is 63.7 Å². The molecule has 1 fully saturated rings. The molecule has 0 radical (unpaired) electrons. The van der Waals surface area contributed by atoms with Gasteiger partial charge >= 0.3 is 6.09 Å². The number of rotatable bonds is 2. The van der Waals surface area contributed by atoms with Gasteiger partial charge in [-0.25, -0.2) is 13.2 Å². The van der Waals surface area contributed by atoms with Crippen molar-refractivity contribution in [1.29, 1.82) is 0 Å². The first kappa shape index (κ1) is 20.4. The largest absolute Gasteiger partial charge is 0.443 e. The van der Waals surface area contributed by atoms with Gasteiger partial charge in [0, 0.05) is 11.6 Å². The van der Waals surface area contributed by atoms with Gasteiger partial charge in [0.1, 0.15) is 5.60 Å². The number of carbonyl (C=O) groups is 1. The van der Waals surface area contributed by atoms with E-state index in [1.165, 1.54) is 10.3 Å². The van der Waals surface area contributed by atoms with Crippen LogP contribution < -0.4 is 0 Å². The van der Waals surface area contributed by atoms with Crippen molar-refractivity contribution in [3.05, 3.63) is 82.9 Å². The van der Waals surface area contributed by atoms with Crippen LogP contribution in [0, 0.1) is 5.92 Å². The van der Waals surface area contributed by atoms with Gasteiger partial charge in [-0.2, -0.15) is 0 Å². The molecule has 4 rings (SSSR count). The van der Waals surface area contributed by atoms with Crippen molar-refractivity contribution in [2.24, 2.45) is 5.92 Å². The molecule has 0 N–H and O–H groups in total. The quantitative estimate of drug-likeness (QED) is 0.655. The van der Waals surface area contributed by atoms with Gasteiger partial charge in [0.25, 0.3) is 0 Å². The van der Waals surface area contributed by atoms with E-state index in [1.54, 1.807) is 51.1 Å². The highest BCUT2D eigenvalue weighted by molar-refractivity contribution is 7.94. The molecule has 6 heteroatoms. The third-order valence-electron chi connectivity index (χ3n) is 5.23. The number of amides is 1. The Morgan fingerprint density at radius 2 is 1.73 bits per heavy atom. The summed E-state index contributed by atoms with van der Waals surface area (Å²) in [5, 5.41) is 1.22. The van der Waals surface area contributed by atoms with Crippen LogP contribution in [-0.4, -0.2) is 25.0 Å². The monoisotopic (exact) mass is 423 g/mol. The van der Waals surface area contributed by atoms with Gasteiger partial charge in [0.05, 0.1) is 16.3 Å².